The van der Waals surface area contributed by atoms with Crippen molar-refractivity contribution < 1.29 is 14.6 Å². The number of hydrogen-bond acceptors (Lipinski definition) is 4. The Bertz CT molecular complexity index is 980. The average Bonchev–Trinajstić information content (AvgIpc) is 3.03. The van der Waals surface area contributed by atoms with Crippen LogP contribution in [0.4, 0.5) is 5.82 Å². The lowest BCUT2D eigenvalue weighted by molar-refractivity contribution is -0.156. The number of nitrogens with one attached hydrogen (secondary N) is 1. The molecule has 0 bridgehead atoms. The molecule has 0 aliphatic carbocycles. The first kappa shape index (κ1) is 21.9. The lowest BCUT2D eigenvalue weighted by Gasteiger charge is -2.41. The summed E-state index contributed by atoms with van der Waals surface area (Å²) in [5.41, 5.74) is 0.757. The summed E-state index contributed by atoms with van der Waals surface area (Å²) in [6.45, 7) is 9.38. The fourth-order valence-electron chi connectivity index (χ4n) is 3.36. The molecule has 2 heterocycles. The van der Waals surface area contributed by atoms with Gasteiger partial charge in [0.05, 0.1) is 16.8 Å². The Morgan fingerprint density at radius 2 is 2.10 bits per heavy atom. The summed E-state index contributed by atoms with van der Waals surface area (Å²) in [5, 5.41) is 18.2. The molecular weight excluding hydrogens is 458 g/mol. The summed E-state index contributed by atoms with van der Waals surface area (Å²) >= 11 is 10.2. The summed E-state index contributed by atoms with van der Waals surface area (Å²) < 4.78 is 8.39. The molecule has 2 N–H and O–H groups in total. The molecule has 2 atom stereocenters. The summed E-state index contributed by atoms with van der Waals surface area (Å²) in [7, 11) is 0. The van der Waals surface area contributed by atoms with Gasteiger partial charge in [-0.15, -0.1) is 0 Å². The molecule has 8 heteroatoms. The van der Waals surface area contributed by atoms with Crippen molar-refractivity contribution in [2.75, 3.05) is 5.32 Å². The highest BCUT2D eigenvalue weighted by Crippen LogP contribution is 2.42. The second-order valence-electron chi connectivity index (χ2n) is 8.30. The highest BCUT2D eigenvalue weighted by atomic mass is 79.9. The molecule has 1 aromatic carbocycles. The molecule has 0 radical (unpaired) electrons. The van der Waals surface area contributed by atoms with E-state index in [1.165, 1.54) is 0 Å². The number of fused-ring (bicyclic) bond motifs is 1. The topological polar surface area (TPSA) is 76.4 Å². The van der Waals surface area contributed by atoms with Crippen molar-refractivity contribution in [2.24, 2.45) is 0 Å². The number of benzene rings is 1. The summed E-state index contributed by atoms with van der Waals surface area (Å²) in [5.74, 6) is -0.379. The molecule has 1 aliphatic heterocycles. The van der Waals surface area contributed by atoms with Gasteiger partial charge in [-0.1, -0.05) is 46.6 Å². The van der Waals surface area contributed by atoms with Crippen LogP contribution in [0.2, 0.25) is 0 Å². The van der Waals surface area contributed by atoms with Gasteiger partial charge >= 0.3 is 5.97 Å². The van der Waals surface area contributed by atoms with Crippen molar-refractivity contribution in [3.05, 3.63) is 40.4 Å². The van der Waals surface area contributed by atoms with E-state index in [4.69, 9.17) is 16.3 Å². The van der Waals surface area contributed by atoms with Gasteiger partial charge in [-0.25, -0.2) is 9.48 Å². The zero-order chi connectivity index (χ0) is 21.6. The maximum atomic E-state index is 12.1. The van der Waals surface area contributed by atoms with Gasteiger partial charge in [-0.3, -0.25) is 0 Å². The summed E-state index contributed by atoms with van der Waals surface area (Å²) in [4.78, 5) is 12.1. The highest BCUT2D eigenvalue weighted by molar-refractivity contribution is 9.10. The van der Waals surface area contributed by atoms with Crippen LogP contribution in [-0.2, 0) is 9.53 Å². The standard InChI is InChI=1S/C21H25BrClN3O3/c1-6-21(5)16(17(19(27)28)29-20(2,3)4)18(23)26-15(24-21)11-14(25-26)12-8-7-9-13(22)10-12/h7-11,17,24H,6H2,1-5H3,(H,27,28). The van der Waals surface area contributed by atoms with Crippen LogP contribution in [-0.4, -0.2) is 38.1 Å². The molecule has 0 saturated heterocycles. The first-order valence-electron chi connectivity index (χ1n) is 9.40. The molecule has 2 aromatic rings. The van der Waals surface area contributed by atoms with E-state index in [-0.39, 0.29) is 5.16 Å². The minimum atomic E-state index is -1.20. The number of aliphatic carboxylic acids is 1. The van der Waals surface area contributed by atoms with Crippen molar-refractivity contribution >= 4 is 44.5 Å². The van der Waals surface area contributed by atoms with Crippen molar-refractivity contribution in [1.29, 1.82) is 0 Å². The number of carboxylic acids is 1. The van der Waals surface area contributed by atoms with Crippen LogP contribution >= 0.6 is 27.5 Å². The molecular formula is C21H25BrClN3O3. The predicted octanol–water partition coefficient (Wildman–Crippen LogP) is 5.58. The fourth-order valence-corrected chi connectivity index (χ4v) is 4.20. The molecule has 2 unspecified atom stereocenters. The van der Waals surface area contributed by atoms with Crippen LogP contribution in [0.5, 0.6) is 0 Å². The molecule has 0 fully saturated rings. The number of hydrogen-bond donors (Lipinski definition) is 2. The number of nitrogens with zero attached hydrogens (tertiary/aromatic N) is 2. The van der Waals surface area contributed by atoms with Gasteiger partial charge < -0.3 is 15.2 Å². The van der Waals surface area contributed by atoms with Crippen LogP contribution in [0.3, 0.4) is 0 Å². The van der Waals surface area contributed by atoms with Crippen molar-refractivity contribution in [1.82, 2.24) is 9.78 Å². The van der Waals surface area contributed by atoms with E-state index in [0.29, 0.717) is 17.8 Å². The normalized spacial score (nSPS) is 20.2. The number of halogens is 2. The second-order valence-corrected chi connectivity index (χ2v) is 9.57. The molecule has 156 valence electrons. The van der Waals surface area contributed by atoms with E-state index >= 15 is 0 Å². The lowest BCUT2D eigenvalue weighted by Crippen LogP contribution is -2.49. The number of ether oxygens (including phenoxy) is 1. The van der Waals surface area contributed by atoms with E-state index < -0.39 is 23.2 Å². The Hall–Kier alpha value is -1.83. The zero-order valence-electron chi connectivity index (χ0n) is 17.1. The van der Waals surface area contributed by atoms with Gasteiger partial charge in [0.2, 0.25) is 0 Å². The first-order valence-corrected chi connectivity index (χ1v) is 10.6. The second kappa shape index (κ2) is 7.78. The number of rotatable bonds is 5. The fraction of sp³-hybridized carbons (Fsp3) is 0.429. The quantitative estimate of drug-likeness (QED) is 0.581. The Kier molecular flexibility index (Phi) is 5.87. The molecule has 29 heavy (non-hydrogen) atoms. The maximum Gasteiger partial charge on any atom is 0.337 e. The van der Waals surface area contributed by atoms with E-state index in [9.17, 15) is 9.90 Å². The smallest absolute Gasteiger partial charge is 0.337 e. The molecule has 6 nitrogen and oxygen atoms in total. The average molecular weight is 483 g/mol. The van der Waals surface area contributed by atoms with Gasteiger partial charge in [0.25, 0.3) is 0 Å². The number of aromatic nitrogens is 2. The Morgan fingerprint density at radius 3 is 2.66 bits per heavy atom. The minimum absolute atomic E-state index is 0.251. The Morgan fingerprint density at radius 1 is 1.41 bits per heavy atom. The molecule has 0 spiro atoms. The van der Waals surface area contributed by atoms with Crippen molar-refractivity contribution in [2.45, 2.75) is 58.3 Å². The van der Waals surface area contributed by atoms with Gasteiger partial charge in [0, 0.05) is 21.7 Å². The zero-order valence-corrected chi connectivity index (χ0v) is 19.4. The number of anilines is 1. The van der Waals surface area contributed by atoms with Gasteiger partial charge in [0.1, 0.15) is 11.0 Å². The van der Waals surface area contributed by atoms with E-state index in [2.05, 4.69) is 26.3 Å². The summed E-state index contributed by atoms with van der Waals surface area (Å²) in [6.07, 6.45) is -0.584. The van der Waals surface area contributed by atoms with Gasteiger partial charge in [0.15, 0.2) is 6.10 Å². The van der Waals surface area contributed by atoms with E-state index in [1.807, 2.05) is 65.0 Å². The molecule has 0 amide bonds. The monoisotopic (exact) mass is 481 g/mol. The predicted molar refractivity (Wildman–Crippen MR) is 119 cm³/mol. The van der Waals surface area contributed by atoms with Crippen molar-refractivity contribution in [3.63, 3.8) is 0 Å². The van der Waals surface area contributed by atoms with Crippen LogP contribution in [0.25, 0.3) is 16.4 Å². The van der Waals surface area contributed by atoms with E-state index in [1.54, 1.807) is 4.68 Å². The Balaban J connectivity index is 2.16. The summed E-state index contributed by atoms with van der Waals surface area (Å²) in [6, 6.07) is 9.71. The molecule has 0 saturated carbocycles. The maximum absolute atomic E-state index is 12.1. The lowest BCUT2D eigenvalue weighted by atomic mass is 9.84. The third kappa shape index (κ3) is 4.37. The van der Waals surface area contributed by atoms with Crippen LogP contribution in [0.15, 0.2) is 40.4 Å². The Labute approximate surface area is 184 Å². The third-order valence-corrected chi connectivity index (χ3v) is 5.76. The first-order chi connectivity index (χ1) is 13.4. The SMILES string of the molecule is CCC1(C)Nc2cc(-c3cccc(Br)c3)nn2C(Cl)=C1C(OC(C)(C)C)C(=O)O. The van der Waals surface area contributed by atoms with Gasteiger partial charge in [-0.05, 0) is 46.2 Å². The molecule has 1 aromatic heterocycles. The highest BCUT2D eigenvalue weighted by Gasteiger charge is 2.44. The molecule has 1 aliphatic rings. The van der Waals surface area contributed by atoms with Crippen LogP contribution < -0.4 is 5.32 Å². The largest absolute Gasteiger partial charge is 0.479 e. The van der Waals surface area contributed by atoms with Crippen LogP contribution in [0.1, 0.15) is 41.0 Å². The van der Waals surface area contributed by atoms with Crippen LogP contribution in [0, 0.1) is 0 Å². The minimum Gasteiger partial charge on any atom is -0.479 e. The van der Waals surface area contributed by atoms with E-state index in [0.717, 1.165) is 15.7 Å². The van der Waals surface area contributed by atoms with Gasteiger partial charge in [-0.2, -0.15) is 5.10 Å². The number of carbonyl (C=O) groups is 1. The number of carboxylic acid groups (broad SMARTS) is 1. The third-order valence-electron chi connectivity index (χ3n) is 4.90. The van der Waals surface area contributed by atoms with Crippen molar-refractivity contribution in [3.8, 4) is 11.3 Å². The molecule has 3 rings (SSSR count).